The number of fused-ring (bicyclic) bond motifs is 1. The van der Waals surface area contributed by atoms with Gasteiger partial charge in [-0.25, -0.2) is 0 Å². The van der Waals surface area contributed by atoms with Gasteiger partial charge in [-0.2, -0.15) is 0 Å². The summed E-state index contributed by atoms with van der Waals surface area (Å²) >= 11 is 7.64. The Balaban J connectivity index is 0.00000117. The van der Waals surface area contributed by atoms with Crippen molar-refractivity contribution in [3.63, 3.8) is 0 Å². The summed E-state index contributed by atoms with van der Waals surface area (Å²) in [7, 11) is 0. The van der Waals surface area contributed by atoms with E-state index in [2.05, 4.69) is 13.8 Å². The van der Waals surface area contributed by atoms with Crippen LogP contribution in [0, 0.1) is 24.7 Å². The van der Waals surface area contributed by atoms with Gasteiger partial charge in [-0.05, 0) is 45.4 Å². The van der Waals surface area contributed by atoms with Crippen molar-refractivity contribution in [1.29, 1.82) is 10.8 Å². The molecular formula is C20H25ClN4S. The van der Waals surface area contributed by atoms with Gasteiger partial charge in [-0.1, -0.05) is 37.6 Å². The Hall–Kier alpha value is -1.98. The molecule has 0 amide bonds. The van der Waals surface area contributed by atoms with Gasteiger partial charge in [0.05, 0.1) is 5.71 Å². The first-order chi connectivity index (χ1) is 12.3. The van der Waals surface area contributed by atoms with Gasteiger partial charge in [-0.3, -0.25) is 20.7 Å². The maximum absolute atomic E-state index is 8.48. The fourth-order valence-corrected chi connectivity index (χ4v) is 4.17. The van der Waals surface area contributed by atoms with E-state index in [-0.39, 0.29) is 6.04 Å². The van der Waals surface area contributed by atoms with Crippen LogP contribution >= 0.6 is 22.9 Å². The highest BCUT2D eigenvalue weighted by Crippen LogP contribution is 2.39. The zero-order valence-electron chi connectivity index (χ0n) is 16.1. The van der Waals surface area contributed by atoms with Crippen LogP contribution in [-0.2, 0) is 0 Å². The lowest BCUT2D eigenvalue weighted by Gasteiger charge is -2.23. The van der Waals surface area contributed by atoms with E-state index >= 15 is 0 Å². The third-order valence-electron chi connectivity index (χ3n) is 4.22. The predicted octanol–water partition coefficient (Wildman–Crippen LogP) is 6.06. The molecule has 138 valence electrons. The molecule has 4 nitrogen and oxygen atoms in total. The van der Waals surface area contributed by atoms with Crippen molar-refractivity contribution in [1.82, 2.24) is 0 Å². The highest BCUT2D eigenvalue weighted by molar-refractivity contribution is 7.17. The van der Waals surface area contributed by atoms with Crippen molar-refractivity contribution in [2.75, 3.05) is 4.90 Å². The monoisotopic (exact) mass is 388 g/mol. The lowest BCUT2D eigenvalue weighted by atomic mass is 10.00. The van der Waals surface area contributed by atoms with Gasteiger partial charge in [-0.15, -0.1) is 11.3 Å². The summed E-state index contributed by atoms with van der Waals surface area (Å²) in [6.07, 6.45) is 0. The minimum atomic E-state index is -0.324. The summed E-state index contributed by atoms with van der Waals surface area (Å²) in [5.74, 6) is 0.663. The predicted molar refractivity (Wildman–Crippen MR) is 115 cm³/mol. The zero-order chi connectivity index (χ0) is 19.6. The fourth-order valence-electron chi connectivity index (χ4n) is 2.82. The fraction of sp³-hybridized carbons (Fsp3) is 0.350. The van der Waals surface area contributed by atoms with Gasteiger partial charge in [0.2, 0.25) is 0 Å². The maximum atomic E-state index is 8.48. The Kier molecular flexibility index (Phi) is 6.37. The number of thiophene rings is 1. The molecule has 1 unspecified atom stereocenters. The van der Waals surface area contributed by atoms with Gasteiger partial charge in [0, 0.05) is 21.0 Å². The highest BCUT2D eigenvalue weighted by atomic mass is 35.5. The Morgan fingerprint density at radius 2 is 1.77 bits per heavy atom. The van der Waals surface area contributed by atoms with Crippen LogP contribution in [0.3, 0.4) is 0 Å². The molecule has 3 rings (SSSR count). The summed E-state index contributed by atoms with van der Waals surface area (Å²) in [6.45, 7) is 11.8. The molecule has 0 saturated carbocycles. The average molecular weight is 389 g/mol. The third-order valence-corrected chi connectivity index (χ3v) is 5.66. The maximum Gasteiger partial charge on any atom is 0.132 e. The number of nitrogens with zero attached hydrogens (tertiary/aromatic N) is 2. The Labute approximate surface area is 164 Å². The van der Waals surface area contributed by atoms with Crippen molar-refractivity contribution in [3.8, 4) is 0 Å². The van der Waals surface area contributed by atoms with Crippen molar-refractivity contribution in [2.24, 2.45) is 4.99 Å². The van der Waals surface area contributed by atoms with E-state index < -0.39 is 0 Å². The van der Waals surface area contributed by atoms with E-state index in [1.54, 1.807) is 23.2 Å². The molecule has 2 aromatic rings. The van der Waals surface area contributed by atoms with E-state index in [1.165, 1.54) is 4.88 Å². The number of anilines is 1. The third kappa shape index (κ3) is 3.60. The minimum Gasteiger partial charge on any atom is -0.288 e. The number of nitrogens with one attached hydrogen (secondary N) is 2. The normalized spacial score (nSPS) is 16.3. The van der Waals surface area contributed by atoms with E-state index in [9.17, 15) is 0 Å². The van der Waals surface area contributed by atoms with Crippen LogP contribution in [0.5, 0.6) is 0 Å². The Bertz CT molecular complexity index is 865. The first-order valence-electron chi connectivity index (χ1n) is 8.69. The number of aryl methyl sites for hydroxylation is 1. The Morgan fingerprint density at radius 1 is 1.19 bits per heavy atom. The molecule has 0 bridgehead atoms. The number of amidine groups is 2. The molecule has 0 saturated heterocycles. The first kappa shape index (κ1) is 20.3. The molecule has 2 heterocycles. The minimum absolute atomic E-state index is 0.324. The van der Waals surface area contributed by atoms with Gasteiger partial charge in [0.25, 0.3) is 0 Å². The highest BCUT2D eigenvalue weighted by Gasteiger charge is 2.31. The number of halogens is 1. The van der Waals surface area contributed by atoms with Gasteiger partial charge in [0.15, 0.2) is 0 Å². The quantitative estimate of drug-likeness (QED) is 0.452. The molecule has 6 heteroatoms. The van der Waals surface area contributed by atoms with Crippen molar-refractivity contribution >= 4 is 45.3 Å². The van der Waals surface area contributed by atoms with E-state index in [4.69, 9.17) is 27.4 Å². The number of rotatable bonds is 1. The number of hydrogen-bond donors (Lipinski definition) is 2. The average Bonchev–Trinajstić information content (AvgIpc) is 2.83. The molecule has 1 aliphatic heterocycles. The Morgan fingerprint density at radius 3 is 2.31 bits per heavy atom. The number of hydrogen-bond acceptors (Lipinski definition) is 4. The van der Waals surface area contributed by atoms with E-state index in [0.29, 0.717) is 16.7 Å². The standard InChI is InChI=1S/C18H19ClN4S.C2H6/c1-9-11(3)24-18-15(9)16(13-5-7-14(19)8-6-13)22-10(2)17(21)23(18)12(4)20;1-2/h5-8,10,20-21H,1-4H3;1-2H3. The summed E-state index contributed by atoms with van der Waals surface area (Å²) < 4.78 is 0. The topological polar surface area (TPSA) is 63.3 Å². The van der Waals surface area contributed by atoms with Crippen molar-refractivity contribution < 1.29 is 0 Å². The van der Waals surface area contributed by atoms with Gasteiger partial charge in [0.1, 0.15) is 22.7 Å². The molecule has 0 radical (unpaired) electrons. The summed E-state index contributed by atoms with van der Waals surface area (Å²) in [5.41, 5.74) is 4.01. The summed E-state index contributed by atoms with van der Waals surface area (Å²) in [4.78, 5) is 7.70. The molecule has 0 aliphatic carbocycles. The number of aliphatic imine (C=N–C) groups is 1. The molecule has 1 aliphatic rings. The molecule has 1 aromatic carbocycles. The number of benzene rings is 1. The second kappa shape index (κ2) is 8.14. The van der Waals surface area contributed by atoms with Crippen LogP contribution < -0.4 is 4.90 Å². The molecule has 1 atom stereocenters. The van der Waals surface area contributed by atoms with Crippen LogP contribution in [0.4, 0.5) is 5.00 Å². The smallest absolute Gasteiger partial charge is 0.132 e. The summed E-state index contributed by atoms with van der Waals surface area (Å²) in [5, 5.41) is 18.2. The lowest BCUT2D eigenvalue weighted by Crippen LogP contribution is -2.38. The van der Waals surface area contributed by atoms with Gasteiger partial charge >= 0.3 is 0 Å². The lowest BCUT2D eigenvalue weighted by molar-refractivity contribution is 0.951. The van der Waals surface area contributed by atoms with Gasteiger partial charge < -0.3 is 0 Å². The van der Waals surface area contributed by atoms with Crippen LogP contribution in [0.2, 0.25) is 5.02 Å². The second-order valence-electron chi connectivity index (χ2n) is 5.93. The van der Waals surface area contributed by atoms with Crippen LogP contribution in [0.15, 0.2) is 29.3 Å². The molecule has 0 fully saturated rings. The summed E-state index contributed by atoms with van der Waals surface area (Å²) in [6, 6.07) is 7.30. The second-order valence-corrected chi connectivity index (χ2v) is 7.57. The molecule has 0 spiro atoms. The zero-order valence-corrected chi connectivity index (χ0v) is 17.6. The molecule has 2 N–H and O–H groups in total. The SMILES string of the molecule is CC.CC(=N)N1C(=N)C(C)N=C(c2ccc(Cl)cc2)c2c1sc(C)c2C. The van der Waals surface area contributed by atoms with Crippen LogP contribution in [0.25, 0.3) is 0 Å². The van der Waals surface area contributed by atoms with E-state index in [0.717, 1.165) is 27.4 Å². The van der Waals surface area contributed by atoms with Crippen molar-refractivity contribution in [2.45, 2.75) is 47.6 Å². The first-order valence-corrected chi connectivity index (χ1v) is 9.88. The van der Waals surface area contributed by atoms with E-state index in [1.807, 2.05) is 45.0 Å². The molecule has 26 heavy (non-hydrogen) atoms. The van der Waals surface area contributed by atoms with Crippen molar-refractivity contribution in [3.05, 3.63) is 50.9 Å². The van der Waals surface area contributed by atoms with Crippen LogP contribution in [0.1, 0.15) is 49.3 Å². The largest absolute Gasteiger partial charge is 0.288 e. The van der Waals surface area contributed by atoms with Crippen LogP contribution in [-0.4, -0.2) is 23.4 Å². The molecular weight excluding hydrogens is 364 g/mol. The molecule has 1 aromatic heterocycles.